The van der Waals surface area contributed by atoms with Gasteiger partial charge >= 0.3 is 0 Å². The lowest BCUT2D eigenvalue weighted by Crippen LogP contribution is -1.89. The molecule has 1 rings (SSSR count). The van der Waals surface area contributed by atoms with Gasteiger partial charge in [-0.25, -0.2) is 0 Å². The summed E-state index contributed by atoms with van der Waals surface area (Å²) in [6.45, 7) is 4.16. The first-order chi connectivity index (χ1) is 6.79. The summed E-state index contributed by atoms with van der Waals surface area (Å²) in [6, 6.07) is 8.17. The fraction of sp³-hybridized carbons (Fsp3) is 0.308. The monoisotopic (exact) mass is 188 g/mol. The van der Waals surface area contributed by atoms with Crippen molar-refractivity contribution in [3.05, 3.63) is 41.5 Å². The molecule has 0 heterocycles. The maximum absolute atomic E-state index is 10.5. The van der Waals surface area contributed by atoms with Gasteiger partial charge in [-0.2, -0.15) is 0 Å². The molecule has 0 atom stereocenters. The van der Waals surface area contributed by atoms with E-state index in [0.717, 1.165) is 18.3 Å². The maximum atomic E-state index is 10.5. The topological polar surface area (TPSA) is 17.1 Å². The van der Waals surface area contributed by atoms with E-state index in [1.54, 1.807) is 0 Å². The SMILES string of the molecule is CC/C=C(/CC=O)c1ccccc1C. The van der Waals surface area contributed by atoms with Gasteiger partial charge in [-0.1, -0.05) is 37.3 Å². The van der Waals surface area contributed by atoms with Crippen LogP contribution in [0.4, 0.5) is 0 Å². The second kappa shape index (κ2) is 5.38. The van der Waals surface area contributed by atoms with Crippen molar-refractivity contribution in [1.29, 1.82) is 0 Å². The number of carbonyl (C=O) groups excluding carboxylic acids is 1. The molecular formula is C13H16O. The molecule has 1 nitrogen and oxygen atoms in total. The molecule has 0 aromatic heterocycles. The number of aryl methyl sites for hydroxylation is 1. The van der Waals surface area contributed by atoms with E-state index in [0.29, 0.717) is 6.42 Å². The standard InChI is InChI=1S/C13H16O/c1-3-6-12(9-10-14)13-8-5-4-7-11(13)2/h4-8,10H,3,9H2,1-2H3/b12-6-. The highest BCUT2D eigenvalue weighted by Gasteiger charge is 2.02. The minimum absolute atomic E-state index is 0.513. The van der Waals surface area contributed by atoms with Crippen molar-refractivity contribution < 1.29 is 4.79 Å². The molecule has 0 aliphatic rings. The largest absolute Gasteiger partial charge is 0.303 e. The Kier molecular flexibility index (Phi) is 4.11. The summed E-state index contributed by atoms with van der Waals surface area (Å²) in [5.41, 5.74) is 3.57. The van der Waals surface area contributed by atoms with Gasteiger partial charge < -0.3 is 4.79 Å². The Balaban J connectivity index is 3.05. The van der Waals surface area contributed by atoms with Crippen LogP contribution in [-0.2, 0) is 4.79 Å². The van der Waals surface area contributed by atoms with Crippen LogP contribution >= 0.6 is 0 Å². The van der Waals surface area contributed by atoms with E-state index < -0.39 is 0 Å². The summed E-state index contributed by atoms with van der Waals surface area (Å²) < 4.78 is 0. The number of rotatable bonds is 4. The summed E-state index contributed by atoms with van der Waals surface area (Å²) in [5.74, 6) is 0. The molecule has 0 radical (unpaired) electrons. The number of hydrogen-bond acceptors (Lipinski definition) is 1. The summed E-state index contributed by atoms with van der Waals surface area (Å²) in [7, 11) is 0. The van der Waals surface area contributed by atoms with Crippen molar-refractivity contribution >= 4 is 11.9 Å². The molecule has 0 saturated carbocycles. The van der Waals surface area contributed by atoms with Gasteiger partial charge in [0.25, 0.3) is 0 Å². The first-order valence-electron chi connectivity index (χ1n) is 4.98. The number of carbonyl (C=O) groups is 1. The molecular weight excluding hydrogens is 172 g/mol. The van der Waals surface area contributed by atoms with Gasteiger partial charge in [0, 0.05) is 6.42 Å². The van der Waals surface area contributed by atoms with Crippen LogP contribution in [0, 0.1) is 6.92 Å². The summed E-state index contributed by atoms with van der Waals surface area (Å²) in [5, 5.41) is 0. The fourth-order valence-corrected chi connectivity index (χ4v) is 1.57. The normalized spacial score (nSPS) is 11.4. The van der Waals surface area contributed by atoms with Crippen molar-refractivity contribution in [2.24, 2.45) is 0 Å². The van der Waals surface area contributed by atoms with Crippen molar-refractivity contribution in [3.8, 4) is 0 Å². The molecule has 1 heteroatoms. The van der Waals surface area contributed by atoms with Crippen molar-refractivity contribution in [2.45, 2.75) is 26.7 Å². The van der Waals surface area contributed by atoms with E-state index in [1.807, 2.05) is 12.1 Å². The van der Waals surface area contributed by atoms with E-state index in [4.69, 9.17) is 0 Å². The molecule has 0 fully saturated rings. The van der Waals surface area contributed by atoms with Gasteiger partial charge in [0.05, 0.1) is 0 Å². The Hall–Kier alpha value is -1.37. The molecule has 0 saturated heterocycles. The Morgan fingerprint density at radius 1 is 1.36 bits per heavy atom. The first kappa shape index (κ1) is 10.7. The molecule has 1 aromatic rings. The Bertz CT molecular complexity index is 337. The van der Waals surface area contributed by atoms with Gasteiger partial charge in [-0.3, -0.25) is 0 Å². The molecule has 0 aliphatic carbocycles. The van der Waals surface area contributed by atoms with Gasteiger partial charge in [0.1, 0.15) is 6.29 Å². The van der Waals surface area contributed by atoms with Gasteiger partial charge in [-0.05, 0) is 30.0 Å². The van der Waals surface area contributed by atoms with Crippen molar-refractivity contribution in [1.82, 2.24) is 0 Å². The fourth-order valence-electron chi connectivity index (χ4n) is 1.57. The quantitative estimate of drug-likeness (QED) is 0.662. The van der Waals surface area contributed by atoms with E-state index in [2.05, 4.69) is 32.1 Å². The summed E-state index contributed by atoms with van der Waals surface area (Å²) in [4.78, 5) is 10.5. The zero-order chi connectivity index (χ0) is 10.4. The van der Waals surface area contributed by atoms with Gasteiger partial charge in [-0.15, -0.1) is 0 Å². The average Bonchev–Trinajstić information content (AvgIpc) is 2.18. The van der Waals surface area contributed by atoms with Gasteiger partial charge in [0.2, 0.25) is 0 Å². The van der Waals surface area contributed by atoms with Crippen molar-refractivity contribution in [3.63, 3.8) is 0 Å². The van der Waals surface area contributed by atoms with Crippen molar-refractivity contribution in [2.75, 3.05) is 0 Å². The molecule has 0 spiro atoms. The molecule has 0 bridgehead atoms. The average molecular weight is 188 g/mol. The zero-order valence-corrected chi connectivity index (χ0v) is 8.79. The Labute approximate surface area is 85.5 Å². The predicted molar refractivity (Wildman–Crippen MR) is 60.1 cm³/mol. The molecule has 0 aliphatic heterocycles. The Morgan fingerprint density at radius 3 is 2.64 bits per heavy atom. The van der Waals surface area contributed by atoms with Crippen LogP contribution in [0.25, 0.3) is 5.57 Å². The van der Waals surface area contributed by atoms with Gasteiger partial charge in [0.15, 0.2) is 0 Å². The van der Waals surface area contributed by atoms with E-state index >= 15 is 0 Å². The number of aldehydes is 1. The van der Waals surface area contributed by atoms with Crippen LogP contribution in [0.5, 0.6) is 0 Å². The van der Waals surface area contributed by atoms with Crippen LogP contribution in [0.3, 0.4) is 0 Å². The smallest absolute Gasteiger partial charge is 0.124 e. The lowest BCUT2D eigenvalue weighted by atomic mass is 9.98. The second-order valence-corrected chi connectivity index (χ2v) is 3.32. The first-order valence-corrected chi connectivity index (χ1v) is 4.98. The third-order valence-corrected chi connectivity index (χ3v) is 2.24. The number of benzene rings is 1. The highest BCUT2D eigenvalue weighted by molar-refractivity contribution is 5.78. The highest BCUT2D eigenvalue weighted by Crippen LogP contribution is 2.21. The van der Waals surface area contributed by atoms with Crippen LogP contribution in [0.2, 0.25) is 0 Å². The van der Waals surface area contributed by atoms with Crippen LogP contribution in [-0.4, -0.2) is 6.29 Å². The summed E-state index contributed by atoms with van der Waals surface area (Å²) in [6.07, 6.45) is 4.57. The predicted octanol–water partition coefficient (Wildman–Crippen LogP) is 3.38. The molecule has 1 aromatic carbocycles. The number of allylic oxidation sites excluding steroid dienone is 2. The molecule has 0 unspecified atom stereocenters. The maximum Gasteiger partial charge on any atom is 0.124 e. The lowest BCUT2D eigenvalue weighted by molar-refractivity contribution is -0.107. The zero-order valence-electron chi connectivity index (χ0n) is 8.79. The number of hydrogen-bond donors (Lipinski definition) is 0. The molecule has 0 N–H and O–H groups in total. The van der Waals surface area contributed by atoms with Crippen LogP contribution < -0.4 is 0 Å². The van der Waals surface area contributed by atoms with Crippen LogP contribution in [0.1, 0.15) is 30.9 Å². The van der Waals surface area contributed by atoms with Crippen LogP contribution in [0.15, 0.2) is 30.3 Å². The molecule has 0 amide bonds. The third-order valence-electron chi connectivity index (χ3n) is 2.24. The minimum atomic E-state index is 0.513. The molecule has 74 valence electrons. The van der Waals surface area contributed by atoms with E-state index in [9.17, 15) is 4.79 Å². The lowest BCUT2D eigenvalue weighted by Gasteiger charge is -2.07. The second-order valence-electron chi connectivity index (χ2n) is 3.32. The third kappa shape index (κ3) is 2.56. The van der Waals surface area contributed by atoms with E-state index in [-0.39, 0.29) is 0 Å². The molecule has 14 heavy (non-hydrogen) atoms. The highest BCUT2D eigenvalue weighted by atomic mass is 16.1. The summed E-state index contributed by atoms with van der Waals surface area (Å²) >= 11 is 0. The minimum Gasteiger partial charge on any atom is -0.303 e. The Morgan fingerprint density at radius 2 is 2.07 bits per heavy atom. The van der Waals surface area contributed by atoms with E-state index in [1.165, 1.54) is 11.1 Å².